The second kappa shape index (κ2) is 7.77. The third kappa shape index (κ3) is 5.59. The number of hydrogen-bond acceptors (Lipinski definition) is 3. The Morgan fingerprint density at radius 1 is 1.24 bits per heavy atom. The van der Waals surface area contributed by atoms with Crippen LogP contribution in [0.4, 0.5) is 0 Å². The first-order valence-corrected chi connectivity index (χ1v) is 6.23. The number of nitrogens with one attached hydrogen (secondary N) is 1. The lowest BCUT2D eigenvalue weighted by atomic mass is 10.3. The van der Waals surface area contributed by atoms with Crippen LogP contribution in [0.3, 0.4) is 0 Å². The lowest BCUT2D eigenvalue weighted by Gasteiger charge is -2.19. The highest BCUT2D eigenvalue weighted by molar-refractivity contribution is 6.34. The molecule has 96 valence electrons. The van der Waals surface area contributed by atoms with Gasteiger partial charge in [-0.05, 0) is 24.7 Å². The van der Waals surface area contributed by atoms with Crippen LogP contribution in [0.2, 0.25) is 10.0 Å². The van der Waals surface area contributed by atoms with E-state index in [1.807, 2.05) is 6.92 Å². The Kier molecular flexibility index (Phi) is 6.66. The van der Waals surface area contributed by atoms with Crippen molar-refractivity contribution in [2.75, 3.05) is 26.8 Å². The first kappa shape index (κ1) is 14.6. The van der Waals surface area contributed by atoms with Crippen LogP contribution in [0.5, 0.6) is 5.75 Å². The van der Waals surface area contributed by atoms with Crippen molar-refractivity contribution >= 4 is 23.2 Å². The first-order chi connectivity index (χ1) is 8.15. The highest BCUT2D eigenvalue weighted by Gasteiger charge is 2.10. The molecule has 0 aromatic heterocycles. The SMILES string of the molecule is CCNCC(COC)Oc1cc(Cl)cc(Cl)c1. The highest BCUT2D eigenvalue weighted by atomic mass is 35.5. The molecule has 3 nitrogen and oxygen atoms in total. The van der Waals surface area contributed by atoms with Gasteiger partial charge in [0.05, 0.1) is 6.61 Å². The van der Waals surface area contributed by atoms with Crippen LogP contribution in [0.1, 0.15) is 6.92 Å². The molecule has 1 aromatic rings. The van der Waals surface area contributed by atoms with E-state index in [1.54, 1.807) is 25.3 Å². The number of ether oxygens (including phenoxy) is 2. The molecule has 1 N–H and O–H groups in total. The van der Waals surface area contributed by atoms with Gasteiger partial charge in [-0.15, -0.1) is 0 Å². The molecule has 0 amide bonds. The minimum atomic E-state index is -0.0607. The molecule has 1 unspecified atom stereocenters. The fraction of sp³-hybridized carbons (Fsp3) is 0.500. The maximum atomic E-state index is 5.90. The smallest absolute Gasteiger partial charge is 0.134 e. The summed E-state index contributed by atoms with van der Waals surface area (Å²) in [5.41, 5.74) is 0. The second-order valence-corrected chi connectivity index (χ2v) is 4.48. The maximum Gasteiger partial charge on any atom is 0.134 e. The molecule has 5 heteroatoms. The van der Waals surface area contributed by atoms with Crippen molar-refractivity contribution < 1.29 is 9.47 Å². The van der Waals surface area contributed by atoms with Gasteiger partial charge in [0.15, 0.2) is 0 Å². The molecule has 0 saturated heterocycles. The fourth-order valence-electron chi connectivity index (χ4n) is 1.41. The van der Waals surface area contributed by atoms with E-state index >= 15 is 0 Å². The Labute approximate surface area is 112 Å². The van der Waals surface area contributed by atoms with Crippen LogP contribution in [-0.2, 0) is 4.74 Å². The van der Waals surface area contributed by atoms with E-state index in [2.05, 4.69) is 5.32 Å². The number of likely N-dealkylation sites (N-methyl/N-ethyl adjacent to an activating group) is 1. The molecule has 0 aliphatic rings. The fourth-order valence-corrected chi connectivity index (χ4v) is 1.92. The zero-order valence-corrected chi connectivity index (χ0v) is 11.5. The molecule has 0 aliphatic carbocycles. The van der Waals surface area contributed by atoms with Gasteiger partial charge in [0.2, 0.25) is 0 Å². The molecular formula is C12H17Cl2NO2. The van der Waals surface area contributed by atoms with Crippen molar-refractivity contribution in [2.24, 2.45) is 0 Å². The second-order valence-electron chi connectivity index (χ2n) is 3.61. The molecule has 1 rings (SSSR count). The molecule has 0 fully saturated rings. The summed E-state index contributed by atoms with van der Waals surface area (Å²) in [7, 11) is 1.65. The van der Waals surface area contributed by atoms with Crippen molar-refractivity contribution in [3.8, 4) is 5.75 Å². The molecule has 0 radical (unpaired) electrons. The van der Waals surface area contributed by atoms with Gasteiger partial charge in [0.1, 0.15) is 11.9 Å². The minimum Gasteiger partial charge on any atom is -0.487 e. The van der Waals surface area contributed by atoms with E-state index in [0.717, 1.165) is 6.54 Å². The monoisotopic (exact) mass is 277 g/mol. The lowest BCUT2D eigenvalue weighted by molar-refractivity contribution is 0.0810. The van der Waals surface area contributed by atoms with E-state index in [9.17, 15) is 0 Å². The lowest BCUT2D eigenvalue weighted by Crippen LogP contribution is -2.34. The van der Waals surface area contributed by atoms with Gasteiger partial charge < -0.3 is 14.8 Å². The molecule has 17 heavy (non-hydrogen) atoms. The van der Waals surface area contributed by atoms with Crippen LogP contribution in [0.25, 0.3) is 0 Å². The normalized spacial score (nSPS) is 12.5. The molecule has 0 heterocycles. The van der Waals surface area contributed by atoms with Crippen LogP contribution >= 0.6 is 23.2 Å². The molecule has 0 saturated carbocycles. The average molecular weight is 278 g/mol. The third-order valence-corrected chi connectivity index (χ3v) is 2.55. The molecule has 0 aliphatic heterocycles. The zero-order valence-electron chi connectivity index (χ0n) is 10.0. The summed E-state index contributed by atoms with van der Waals surface area (Å²) in [4.78, 5) is 0. The van der Waals surface area contributed by atoms with Gasteiger partial charge in [-0.1, -0.05) is 30.1 Å². The topological polar surface area (TPSA) is 30.5 Å². The third-order valence-electron chi connectivity index (χ3n) is 2.11. The summed E-state index contributed by atoms with van der Waals surface area (Å²) < 4.78 is 10.9. The number of rotatable bonds is 7. The Morgan fingerprint density at radius 3 is 2.41 bits per heavy atom. The summed E-state index contributed by atoms with van der Waals surface area (Å²) in [6.07, 6.45) is -0.0607. The van der Waals surface area contributed by atoms with Crippen molar-refractivity contribution in [3.63, 3.8) is 0 Å². The summed E-state index contributed by atoms with van der Waals surface area (Å²) in [5, 5.41) is 4.34. The average Bonchev–Trinajstić information content (AvgIpc) is 2.24. The molecule has 0 spiro atoms. The Morgan fingerprint density at radius 2 is 1.88 bits per heavy atom. The van der Waals surface area contributed by atoms with Gasteiger partial charge in [0.25, 0.3) is 0 Å². The van der Waals surface area contributed by atoms with Crippen molar-refractivity contribution in [1.29, 1.82) is 0 Å². The Hall–Kier alpha value is -0.480. The first-order valence-electron chi connectivity index (χ1n) is 5.48. The molecule has 1 atom stereocenters. The number of hydrogen-bond donors (Lipinski definition) is 1. The Balaban J connectivity index is 2.63. The van der Waals surface area contributed by atoms with Crippen molar-refractivity contribution in [3.05, 3.63) is 28.2 Å². The van der Waals surface area contributed by atoms with Gasteiger partial charge in [-0.2, -0.15) is 0 Å². The zero-order chi connectivity index (χ0) is 12.7. The van der Waals surface area contributed by atoms with Gasteiger partial charge in [0, 0.05) is 23.7 Å². The predicted molar refractivity (Wildman–Crippen MR) is 71.3 cm³/mol. The summed E-state index contributed by atoms with van der Waals surface area (Å²) in [5.74, 6) is 0.655. The van der Waals surface area contributed by atoms with Crippen LogP contribution < -0.4 is 10.1 Å². The number of methoxy groups -OCH3 is 1. The molecule has 1 aromatic carbocycles. The number of halogens is 2. The van der Waals surface area contributed by atoms with E-state index in [0.29, 0.717) is 28.9 Å². The summed E-state index contributed by atoms with van der Waals surface area (Å²) >= 11 is 11.8. The van der Waals surface area contributed by atoms with Gasteiger partial charge >= 0.3 is 0 Å². The maximum absolute atomic E-state index is 5.90. The van der Waals surface area contributed by atoms with Crippen LogP contribution in [0, 0.1) is 0 Å². The van der Waals surface area contributed by atoms with Crippen LogP contribution in [-0.4, -0.2) is 32.9 Å². The molecular weight excluding hydrogens is 261 g/mol. The standard InChI is InChI=1S/C12H17Cl2NO2/c1-3-15-7-12(8-16-2)17-11-5-9(13)4-10(14)6-11/h4-6,12,15H,3,7-8H2,1-2H3. The predicted octanol–water partition coefficient (Wildman–Crippen LogP) is 3.00. The van der Waals surface area contributed by atoms with E-state index < -0.39 is 0 Å². The van der Waals surface area contributed by atoms with Gasteiger partial charge in [-0.25, -0.2) is 0 Å². The van der Waals surface area contributed by atoms with Crippen molar-refractivity contribution in [1.82, 2.24) is 5.32 Å². The van der Waals surface area contributed by atoms with E-state index in [1.165, 1.54) is 0 Å². The van der Waals surface area contributed by atoms with Crippen LogP contribution in [0.15, 0.2) is 18.2 Å². The quantitative estimate of drug-likeness (QED) is 0.831. The van der Waals surface area contributed by atoms with Gasteiger partial charge in [-0.3, -0.25) is 0 Å². The number of benzene rings is 1. The largest absolute Gasteiger partial charge is 0.487 e. The van der Waals surface area contributed by atoms with Crippen molar-refractivity contribution in [2.45, 2.75) is 13.0 Å². The summed E-state index contributed by atoms with van der Waals surface area (Å²) in [6, 6.07) is 5.15. The summed E-state index contributed by atoms with van der Waals surface area (Å²) in [6.45, 7) is 4.16. The Bertz CT molecular complexity index is 327. The minimum absolute atomic E-state index is 0.0607. The molecule has 0 bridgehead atoms. The van der Waals surface area contributed by atoms with E-state index in [-0.39, 0.29) is 6.10 Å². The highest BCUT2D eigenvalue weighted by Crippen LogP contribution is 2.24. The van der Waals surface area contributed by atoms with E-state index in [4.69, 9.17) is 32.7 Å².